The Morgan fingerprint density at radius 2 is 2.00 bits per heavy atom. The van der Waals surface area contributed by atoms with E-state index in [0.717, 1.165) is 18.7 Å². The van der Waals surface area contributed by atoms with E-state index in [-0.39, 0.29) is 0 Å². The third-order valence-corrected chi connectivity index (χ3v) is 2.85. The van der Waals surface area contributed by atoms with Crippen molar-refractivity contribution in [3.05, 3.63) is 29.3 Å². The van der Waals surface area contributed by atoms with Crippen molar-refractivity contribution < 1.29 is 9.84 Å². The lowest BCUT2D eigenvalue weighted by atomic mass is 10.2. The maximum atomic E-state index is 9.71. The van der Waals surface area contributed by atoms with Gasteiger partial charge in [-0.05, 0) is 37.2 Å². The normalized spacial score (nSPS) is 12.4. The van der Waals surface area contributed by atoms with Crippen molar-refractivity contribution in [3.63, 3.8) is 0 Å². The summed E-state index contributed by atoms with van der Waals surface area (Å²) in [5.74, 6) is 0.726. The lowest BCUT2D eigenvalue weighted by Gasteiger charge is -2.13. The highest BCUT2D eigenvalue weighted by molar-refractivity contribution is 6.30. The summed E-state index contributed by atoms with van der Waals surface area (Å²) < 4.78 is 5.45. The molecule has 0 aliphatic heterocycles. The average molecular weight is 272 g/mol. The van der Waals surface area contributed by atoms with E-state index in [2.05, 4.69) is 12.2 Å². The van der Waals surface area contributed by atoms with Crippen LogP contribution in [0.25, 0.3) is 0 Å². The number of rotatable bonds is 9. The zero-order chi connectivity index (χ0) is 13.2. The van der Waals surface area contributed by atoms with E-state index in [1.54, 1.807) is 24.3 Å². The molecule has 0 bridgehead atoms. The van der Waals surface area contributed by atoms with Crippen LogP contribution in [-0.2, 0) is 0 Å². The van der Waals surface area contributed by atoms with Crippen LogP contribution in [0, 0.1) is 0 Å². The Kier molecular flexibility index (Phi) is 7.81. The van der Waals surface area contributed by atoms with Gasteiger partial charge in [-0.1, -0.05) is 31.4 Å². The lowest BCUT2D eigenvalue weighted by Crippen LogP contribution is -2.31. The highest BCUT2D eigenvalue weighted by Crippen LogP contribution is 2.15. The third-order valence-electron chi connectivity index (χ3n) is 2.59. The monoisotopic (exact) mass is 271 g/mol. The van der Waals surface area contributed by atoms with Crippen LogP contribution in [0.1, 0.15) is 26.2 Å². The molecule has 0 spiro atoms. The van der Waals surface area contributed by atoms with Gasteiger partial charge in [-0.2, -0.15) is 0 Å². The molecule has 0 fully saturated rings. The number of ether oxygens (including phenoxy) is 1. The number of hydrogen-bond donors (Lipinski definition) is 2. The fraction of sp³-hybridized carbons (Fsp3) is 0.571. The number of hydrogen-bond acceptors (Lipinski definition) is 3. The molecule has 0 saturated carbocycles. The molecule has 102 valence electrons. The predicted molar refractivity (Wildman–Crippen MR) is 75.3 cm³/mol. The summed E-state index contributed by atoms with van der Waals surface area (Å²) in [5, 5.41) is 13.6. The zero-order valence-electron chi connectivity index (χ0n) is 10.9. The summed E-state index contributed by atoms with van der Waals surface area (Å²) in [5.41, 5.74) is 0. The molecule has 1 unspecified atom stereocenters. The second-order valence-electron chi connectivity index (χ2n) is 4.33. The highest BCUT2D eigenvalue weighted by Gasteiger charge is 2.04. The van der Waals surface area contributed by atoms with Crippen molar-refractivity contribution in [2.24, 2.45) is 0 Å². The van der Waals surface area contributed by atoms with Crippen LogP contribution in [0.15, 0.2) is 24.3 Å². The summed E-state index contributed by atoms with van der Waals surface area (Å²) in [6, 6.07) is 7.13. The first-order chi connectivity index (χ1) is 8.72. The van der Waals surface area contributed by atoms with Gasteiger partial charge < -0.3 is 15.2 Å². The van der Waals surface area contributed by atoms with Crippen molar-refractivity contribution in [1.82, 2.24) is 5.32 Å². The second-order valence-corrected chi connectivity index (χ2v) is 4.77. The Balaban J connectivity index is 2.09. The van der Waals surface area contributed by atoms with Crippen LogP contribution >= 0.6 is 11.6 Å². The largest absolute Gasteiger partial charge is 0.491 e. The van der Waals surface area contributed by atoms with Gasteiger partial charge in [0.1, 0.15) is 18.5 Å². The molecule has 0 heterocycles. The first kappa shape index (κ1) is 15.3. The first-order valence-electron chi connectivity index (χ1n) is 6.49. The summed E-state index contributed by atoms with van der Waals surface area (Å²) in [6.07, 6.45) is 3.11. The van der Waals surface area contributed by atoms with Crippen molar-refractivity contribution in [2.45, 2.75) is 32.3 Å². The number of aliphatic hydroxyl groups excluding tert-OH is 1. The van der Waals surface area contributed by atoms with Crippen molar-refractivity contribution in [1.29, 1.82) is 0 Å². The molecule has 1 aromatic rings. The molecule has 0 aliphatic carbocycles. The number of nitrogens with one attached hydrogen (secondary N) is 1. The smallest absolute Gasteiger partial charge is 0.119 e. The van der Waals surface area contributed by atoms with Gasteiger partial charge in [0.05, 0.1) is 0 Å². The van der Waals surface area contributed by atoms with Gasteiger partial charge >= 0.3 is 0 Å². The Labute approximate surface area is 114 Å². The molecular formula is C14H22ClNO2. The van der Waals surface area contributed by atoms with E-state index < -0.39 is 6.10 Å². The number of halogens is 1. The van der Waals surface area contributed by atoms with E-state index in [1.165, 1.54) is 12.8 Å². The lowest BCUT2D eigenvalue weighted by molar-refractivity contribution is 0.106. The second kappa shape index (κ2) is 9.20. The summed E-state index contributed by atoms with van der Waals surface area (Å²) in [6.45, 7) is 3.99. The Morgan fingerprint density at radius 3 is 2.67 bits per heavy atom. The third kappa shape index (κ3) is 6.84. The molecule has 18 heavy (non-hydrogen) atoms. The molecule has 0 saturated heterocycles. The molecular weight excluding hydrogens is 250 g/mol. The van der Waals surface area contributed by atoms with Crippen molar-refractivity contribution in [3.8, 4) is 5.75 Å². The molecule has 0 amide bonds. The standard InChI is InChI=1S/C14H22ClNO2/c1-2-3-4-9-16-10-13(17)11-18-14-7-5-12(15)6-8-14/h5-8,13,16-17H,2-4,9-11H2,1H3. The number of unbranched alkanes of at least 4 members (excludes halogenated alkanes) is 2. The zero-order valence-corrected chi connectivity index (χ0v) is 11.6. The van der Waals surface area contributed by atoms with Crippen molar-refractivity contribution in [2.75, 3.05) is 19.7 Å². The Morgan fingerprint density at radius 1 is 1.28 bits per heavy atom. The molecule has 0 aromatic heterocycles. The van der Waals surface area contributed by atoms with Crippen LogP contribution in [0.2, 0.25) is 5.02 Å². The highest BCUT2D eigenvalue weighted by atomic mass is 35.5. The minimum absolute atomic E-state index is 0.294. The molecule has 0 aliphatic rings. The van der Waals surface area contributed by atoms with Gasteiger partial charge in [-0.15, -0.1) is 0 Å². The quantitative estimate of drug-likeness (QED) is 0.679. The van der Waals surface area contributed by atoms with Crippen molar-refractivity contribution >= 4 is 11.6 Å². The minimum Gasteiger partial charge on any atom is -0.491 e. The van der Waals surface area contributed by atoms with E-state index in [9.17, 15) is 5.11 Å². The maximum Gasteiger partial charge on any atom is 0.119 e. The van der Waals surface area contributed by atoms with Crippen LogP contribution in [-0.4, -0.2) is 30.9 Å². The molecule has 1 atom stereocenters. The Hall–Kier alpha value is -0.770. The molecule has 3 nitrogen and oxygen atoms in total. The molecule has 0 radical (unpaired) electrons. The summed E-state index contributed by atoms with van der Waals surface area (Å²) in [7, 11) is 0. The molecule has 2 N–H and O–H groups in total. The van der Waals surface area contributed by atoms with E-state index in [4.69, 9.17) is 16.3 Å². The van der Waals surface area contributed by atoms with E-state index >= 15 is 0 Å². The van der Waals surface area contributed by atoms with Gasteiger partial charge in [-0.3, -0.25) is 0 Å². The fourth-order valence-electron chi connectivity index (χ4n) is 1.55. The predicted octanol–water partition coefficient (Wildman–Crippen LogP) is 2.86. The van der Waals surface area contributed by atoms with Gasteiger partial charge in [0, 0.05) is 11.6 Å². The summed E-state index contributed by atoms with van der Waals surface area (Å²) >= 11 is 5.77. The van der Waals surface area contributed by atoms with Gasteiger partial charge in [0.2, 0.25) is 0 Å². The van der Waals surface area contributed by atoms with Crippen LogP contribution in [0.3, 0.4) is 0 Å². The molecule has 1 rings (SSSR count). The average Bonchev–Trinajstić information content (AvgIpc) is 2.38. The van der Waals surface area contributed by atoms with Gasteiger partial charge in [-0.25, -0.2) is 0 Å². The SMILES string of the molecule is CCCCCNCC(O)COc1ccc(Cl)cc1. The van der Waals surface area contributed by atoms with E-state index in [1.807, 2.05) is 0 Å². The first-order valence-corrected chi connectivity index (χ1v) is 6.87. The number of benzene rings is 1. The van der Waals surface area contributed by atoms with Gasteiger partial charge in [0.15, 0.2) is 0 Å². The fourth-order valence-corrected chi connectivity index (χ4v) is 1.68. The molecule has 1 aromatic carbocycles. The number of aliphatic hydroxyl groups is 1. The van der Waals surface area contributed by atoms with Crippen LogP contribution in [0.5, 0.6) is 5.75 Å². The minimum atomic E-state index is -0.484. The maximum absolute atomic E-state index is 9.71. The van der Waals surface area contributed by atoms with Crippen LogP contribution < -0.4 is 10.1 Å². The van der Waals surface area contributed by atoms with E-state index in [0.29, 0.717) is 18.2 Å². The summed E-state index contributed by atoms with van der Waals surface area (Å²) in [4.78, 5) is 0. The van der Waals surface area contributed by atoms with Crippen LogP contribution in [0.4, 0.5) is 0 Å². The Bertz CT molecular complexity index is 316. The molecule has 4 heteroatoms. The topological polar surface area (TPSA) is 41.5 Å². The van der Waals surface area contributed by atoms with Gasteiger partial charge in [0.25, 0.3) is 0 Å².